The summed E-state index contributed by atoms with van der Waals surface area (Å²) in [5, 5.41) is 0. The molecule has 0 atom stereocenters. The highest BCUT2D eigenvalue weighted by atomic mass is 16.5. The average molecular weight is 436 g/mol. The first-order valence-electron chi connectivity index (χ1n) is 11.3. The SMILES string of the molecule is Cc1ccc(-c2ccc(N(c3ccc(C)cc3)c3ccc(OC(=O)C(C)C)cc3)cc2)cc1. The van der Waals surface area contributed by atoms with Crippen LogP contribution in [0.4, 0.5) is 17.1 Å². The third kappa shape index (κ3) is 5.32. The van der Waals surface area contributed by atoms with Gasteiger partial charge in [-0.3, -0.25) is 4.79 Å². The molecule has 0 aliphatic rings. The summed E-state index contributed by atoms with van der Waals surface area (Å²) in [5.74, 6) is 0.154. The van der Waals surface area contributed by atoms with Gasteiger partial charge in [-0.15, -0.1) is 0 Å². The minimum Gasteiger partial charge on any atom is -0.426 e. The molecule has 4 aromatic carbocycles. The molecule has 0 aliphatic carbocycles. The van der Waals surface area contributed by atoms with Gasteiger partial charge in [0.25, 0.3) is 0 Å². The molecule has 0 radical (unpaired) electrons. The second-order valence-corrected chi connectivity index (χ2v) is 8.65. The quantitative estimate of drug-likeness (QED) is 0.227. The minimum atomic E-state index is -0.232. The molecule has 0 bridgehead atoms. The highest BCUT2D eigenvalue weighted by Gasteiger charge is 2.14. The summed E-state index contributed by atoms with van der Waals surface area (Å²) in [6.07, 6.45) is 0. The molecule has 0 amide bonds. The van der Waals surface area contributed by atoms with E-state index in [1.54, 1.807) is 0 Å². The van der Waals surface area contributed by atoms with Gasteiger partial charge in [-0.25, -0.2) is 0 Å². The number of rotatable bonds is 6. The summed E-state index contributed by atoms with van der Waals surface area (Å²) in [6.45, 7) is 7.84. The Balaban J connectivity index is 1.68. The molecule has 0 aliphatic heterocycles. The lowest BCUT2D eigenvalue weighted by Crippen LogP contribution is -2.15. The van der Waals surface area contributed by atoms with E-state index in [0.717, 1.165) is 17.1 Å². The van der Waals surface area contributed by atoms with Gasteiger partial charge >= 0.3 is 5.97 Å². The van der Waals surface area contributed by atoms with Crippen LogP contribution in [0.3, 0.4) is 0 Å². The van der Waals surface area contributed by atoms with E-state index < -0.39 is 0 Å². The molecule has 3 nitrogen and oxygen atoms in total. The number of hydrogen-bond acceptors (Lipinski definition) is 3. The number of nitrogens with zero attached hydrogens (tertiary/aromatic N) is 1. The Morgan fingerprint density at radius 3 is 1.42 bits per heavy atom. The van der Waals surface area contributed by atoms with Crippen molar-refractivity contribution in [2.24, 2.45) is 5.92 Å². The molecule has 0 aromatic heterocycles. The largest absolute Gasteiger partial charge is 0.426 e. The van der Waals surface area contributed by atoms with E-state index in [1.807, 2.05) is 38.1 Å². The standard InChI is InChI=1S/C30H29NO2/c1-21(2)30(32)33-29-19-17-28(18-20-29)31(26-13-7-23(4)8-14-26)27-15-11-25(12-16-27)24-9-5-22(3)6-10-24/h5-21H,1-4H3. The van der Waals surface area contributed by atoms with Crippen molar-refractivity contribution in [3.63, 3.8) is 0 Å². The molecule has 4 rings (SSSR count). The zero-order chi connectivity index (χ0) is 23.4. The number of carbonyl (C=O) groups excluding carboxylic acids is 1. The predicted molar refractivity (Wildman–Crippen MR) is 137 cm³/mol. The number of ether oxygens (including phenoxy) is 1. The van der Waals surface area contributed by atoms with Crippen molar-refractivity contribution in [2.45, 2.75) is 27.7 Å². The van der Waals surface area contributed by atoms with Crippen LogP contribution in [-0.2, 0) is 4.79 Å². The summed E-state index contributed by atoms with van der Waals surface area (Å²) in [7, 11) is 0. The molecule has 33 heavy (non-hydrogen) atoms. The maximum absolute atomic E-state index is 11.9. The molecular formula is C30H29NO2. The lowest BCUT2D eigenvalue weighted by atomic mass is 10.0. The van der Waals surface area contributed by atoms with E-state index in [2.05, 4.69) is 91.5 Å². The van der Waals surface area contributed by atoms with Crippen LogP contribution in [0.25, 0.3) is 11.1 Å². The van der Waals surface area contributed by atoms with Crippen molar-refractivity contribution in [3.05, 3.63) is 108 Å². The first-order valence-corrected chi connectivity index (χ1v) is 11.3. The average Bonchev–Trinajstić information content (AvgIpc) is 2.82. The summed E-state index contributed by atoms with van der Waals surface area (Å²) < 4.78 is 5.45. The summed E-state index contributed by atoms with van der Waals surface area (Å²) in [4.78, 5) is 14.1. The van der Waals surface area contributed by atoms with Crippen LogP contribution in [0.2, 0.25) is 0 Å². The number of anilines is 3. The smallest absolute Gasteiger partial charge is 0.313 e. The van der Waals surface area contributed by atoms with E-state index >= 15 is 0 Å². The number of carbonyl (C=O) groups is 1. The third-order valence-electron chi connectivity index (χ3n) is 5.59. The Morgan fingerprint density at radius 1 is 0.606 bits per heavy atom. The minimum absolute atomic E-state index is 0.166. The molecule has 3 heteroatoms. The van der Waals surface area contributed by atoms with E-state index in [-0.39, 0.29) is 11.9 Å². The van der Waals surface area contributed by atoms with Gasteiger partial charge < -0.3 is 9.64 Å². The fourth-order valence-electron chi connectivity index (χ4n) is 3.59. The maximum Gasteiger partial charge on any atom is 0.313 e. The van der Waals surface area contributed by atoms with E-state index in [9.17, 15) is 4.79 Å². The summed E-state index contributed by atoms with van der Waals surface area (Å²) >= 11 is 0. The second-order valence-electron chi connectivity index (χ2n) is 8.65. The fraction of sp³-hybridized carbons (Fsp3) is 0.167. The van der Waals surface area contributed by atoms with Crippen LogP contribution in [0.15, 0.2) is 97.1 Å². The molecule has 4 aromatic rings. The van der Waals surface area contributed by atoms with E-state index in [0.29, 0.717) is 5.75 Å². The highest BCUT2D eigenvalue weighted by molar-refractivity contribution is 5.79. The highest BCUT2D eigenvalue weighted by Crippen LogP contribution is 2.36. The van der Waals surface area contributed by atoms with E-state index in [4.69, 9.17) is 4.74 Å². The van der Waals surface area contributed by atoms with Gasteiger partial charge in [0.2, 0.25) is 0 Å². The van der Waals surface area contributed by atoms with Gasteiger partial charge in [-0.1, -0.05) is 73.5 Å². The fourth-order valence-corrected chi connectivity index (χ4v) is 3.59. The Morgan fingerprint density at radius 2 is 0.970 bits per heavy atom. The first kappa shape index (κ1) is 22.3. The summed E-state index contributed by atoms with van der Waals surface area (Å²) in [6, 6.07) is 33.3. The van der Waals surface area contributed by atoms with Gasteiger partial charge in [0.15, 0.2) is 0 Å². The number of esters is 1. The molecule has 0 saturated carbocycles. The number of benzene rings is 4. The molecule has 166 valence electrons. The van der Waals surface area contributed by atoms with E-state index in [1.165, 1.54) is 22.3 Å². The lowest BCUT2D eigenvalue weighted by molar-refractivity contribution is -0.137. The van der Waals surface area contributed by atoms with Gasteiger partial charge in [0.05, 0.1) is 5.92 Å². The van der Waals surface area contributed by atoms with Gasteiger partial charge in [0, 0.05) is 17.1 Å². The van der Waals surface area contributed by atoms with Crippen LogP contribution in [0.1, 0.15) is 25.0 Å². The van der Waals surface area contributed by atoms with Crippen LogP contribution < -0.4 is 9.64 Å². The van der Waals surface area contributed by atoms with Gasteiger partial charge in [0.1, 0.15) is 5.75 Å². The van der Waals surface area contributed by atoms with Crippen molar-refractivity contribution in [2.75, 3.05) is 4.90 Å². The lowest BCUT2D eigenvalue weighted by Gasteiger charge is -2.26. The normalized spacial score (nSPS) is 10.8. The molecule has 0 N–H and O–H groups in total. The van der Waals surface area contributed by atoms with Crippen molar-refractivity contribution in [1.82, 2.24) is 0 Å². The Labute approximate surface area is 196 Å². The predicted octanol–water partition coefficient (Wildman–Crippen LogP) is 8.00. The maximum atomic E-state index is 11.9. The van der Waals surface area contributed by atoms with Crippen LogP contribution in [0.5, 0.6) is 5.75 Å². The third-order valence-corrected chi connectivity index (χ3v) is 5.59. The Bertz CT molecular complexity index is 1210. The molecule has 0 unspecified atom stereocenters. The van der Waals surface area contributed by atoms with Gasteiger partial charge in [-0.05, 0) is 73.5 Å². The summed E-state index contributed by atoms with van der Waals surface area (Å²) in [5.41, 5.74) is 7.96. The molecule has 0 saturated heterocycles. The molecule has 0 fully saturated rings. The Hall–Kier alpha value is -3.85. The number of hydrogen-bond donors (Lipinski definition) is 0. The Kier molecular flexibility index (Phi) is 6.60. The second kappa shape index (κ2) is 9.74. The zero-order valence-electron chi connectivity index (χ0n) is 19.6. The van der Waals surface area contributed by atoms with Crippen LogP contribution >= 0.6 is 0 Å². The monoisotopic (exact) mass is 435 g/mol. The molecule has 0 heterocycles. The first-order chi connectivity index (χ1) is 15.9. The van der Waals surface area contributed by atoms with Crippen molar-refractivity contribution >= 4 is 23.0 Å². The molecule has 0 spiro atoms. The van der Waals surface area contributed by atoms with Crippen molar-refractivity contribution in [3.8, 4) is 16.9 Å². The van der Waals surface area contributed by atoms with Crippen molar-refractivity contribution in [1.29, 1.82) is 0 Å². The van der Waals surface area contributed by atoms with Crippen LogP contribution in [-0.4, -0.2) is 5.97 Å². The molecular weight excluding hydrogens is 406 g/mol. The van der Waals surface area contributed by atoms with Crippen LogP contribution in [0, 0.1) is 19.8 Å². The van der Waals surface area contributed by atoms with Gasteiger partial charge in [-0.2, -0.15) is 0 Å². The van der Waals surface area contributed by atoms with Crippen molar-refractivity contribution < 1.29 is 9.53 Å². The topological polar surface area (TPSA) is 29.5 Å². The number of aryl methyl sites for hydroxylation is 2. The zero-order valence-corrected chi connectivity index (χ0v) is 19.6.